The van der Waals surface area contributed by atoms with Crippen molar-refractivity contribution in [3.8, 4) is 0 Å². The number of hydrogen-bond acceptors (Lipinski definition) is 2. The molecule has 0 bridgehead atoms. The SMILES string of the molecule is N/C(Cc1ccc(C2CCCCC2)cc1)=N\O. The molecule has 0 amide bonds. The van der Waals surface area contributed by atoms with Gasteiger partial charge in [0.15, 0.2) is 0 Å². The molecular formula is C14H20N2O. The van der Waals surface area contributed by atoms with Crippen molar-refractivity contribution in [2.75, 3.05) is 0 Å². The van der Waals surface area contributed by atoms with E-state index >= 15 is 0 Å². The summed E-state index contributed by atoms with van der Waals surface area (Å²) in [6.45, 7) is 0. The quantitative estimate of drug-likeness (QED) is 0.364. The predicted octanol–water partition coefficient (Wildman–Crippen LogP) is 3.02. The van der Waals surface area contributed by atoms with Crippen molar-refractivity contribution in [3.05, 3.63) is 35.4 Å². The largest absolute Gasteiger partial charge is 0.409 e. The van der Waals surface area contributed by atoms with Crippen LogP contribution in [0.2, 0.25) is 0 Å². The molecule has 0 aliphatic heterocycles. The van der Waals surface area contributed by atoms with E-state index in [1.165, 1.54) is 37.7 Å². The summed E-state index contributed by atoms with van der Waals surface area (Å²) in [4.78, 5) is 0. The highest BCUT2D eigenvalue weighted by Gasteiger charge is 2.14. The number of oxime groups is 1. The van der Waals surface area contributed by atoms with Crippen LogP contribution in [-0.2, 0) is 6.42 Å². The van der Waals surface area contributed by atoms with E-state index < -0.39 is 0 Å². The van der Waals surface area contributed by atoms with Crippen LogP contribution in [0.15, 0.2) is 29.4 Å². The maximum atomic E-state index is 8.52. The fourth-order valence-electron chi connectivity index (χ4n) is 2.59. The number of amidine groups is 1. The van der Waals surface area contributed by atoms with E-state index in [2.05, 4.69) is 29.4 Å². The molecule has 0 saturated heterocycles. The first-order chi connectivity index (χ1) is 8.29. The topological polar surface area (TPSA) is 58.6 Å². The van der Waals surface area contributed by atoms with Crippen molar-refractivity contribution in [2.24, 2.45) is 10.9 Å². The lowest BCUT2D eigenvalue weighted by Crippen LogP contribution is -2.14. The molecule has 3 N–H and O–H groups in total. The summed E-state index contributed by atoms with van der Waals surface area (Å²) < 4.78 is 0. The zero-order chi connectivity index (χ0) is 12.1. The number of benzene rings is 1. The van der Waals surface area contributed by atoms with Gasteiger partial charge >= 0.3 is 0 Å². The molecule has 2 rings (SSSR count). The third kappa shape index (κ3) is 3.22. The average molecular weight is 232 g/mol. The van der Waals surface area contributed by atoms with E-state index in [1.54, 1.807) is 0 Å². The molecule has 0 unspecified atom stereocenters. The van der Waals surface area contributed by atoms with Crippen LogP contribution in [-0.4, -0.2) is 11.0 Å². The zero-order valence-electron chi connectivity index (χ0n) is 10.1. The van der Waals surface area contributed by atoms with Gasteiger partial charge in [0.2, 0.25) is 0 Å². The molecule has 1 aliphatic carbocycles. The third-order valence-corrected chi connectivity index (χ3v) is 3.57. The first-order valence-corrected chi connectivity index (χ1v) is 6.35. The Morgan fingerprint density at radius 1 is 1.18 bits per heavy atom. The smallest absolute Gasteiger partial charge is 0.143 e. The molecule has 3 nitrogen and oxygen atoms in total. The van der Waals surface area contributed by atoms with E-state index in [1.807, 2.05) is 0 Å². The summed E-state index contributed by atoms with van der Waals surface area (Å²) in [7, 11) is 0. The normalized spacial score (nSPS) is 18.2. The molecule has 1 aromatic carbocycles. The molecule has 1 fully saturated rings. The Morgan fingerprint density at radius 2 is 1.82 bits per heavy atom. The average Bonchev–Trinajstić information content (AvgIpc) is 2.40. The number of nitrogens with zero attached hydrogens (tertiary/aromatic N) is 1. The summed E-state index contributed by atoms with van der Waals surface area (Å²) in [5.74, 6) is 0.997. The van der Waals surface area contributed by atoms with Crippen LogP contribution in [0.5, 0.6) is 0 Å². The van der Waals surface area contributed by atoms with Crippen LogP contribution in [0.1, 0.15) is 49.1 Å². The maximum absolute atomic E-state index is 8.52. The maximum Gasteiger partial charge on any atom is 0.143 e. The Morgan fingerprint density at radius 3 is 2.41 bits per heavy atom. The van der Waals surface area contributed by atoms with Crippen LogP contribution in [0.3, 0.4) is 0 Å². The number of hydrogen-bond donors (Lipinski definition) is 2. The Balaban J connectivity index is 2.01. The predicted molar refractivity (Wildman–Crippen MR) is 69.4 cm³/mol. The molecule has 92 valence electrons. The van der Waals surface area contributed by atoms with E-state index in [4.69, 9.17) is 10.9 Å². The van der Waals surface area contributed by atoms with Crippen molar-refractivity contribution in [1.82, 2.24) is 0 Å². The van der Waals surface area contributed by atoms with Gasteiger partial charge in [-0.05, 0) is 29.9 Å². The highest BCUT2D eigenvalue weighted by atomic mass is 16.4. The minimum atomic E-state index is 0.260. The van der Waals surface area contributed by atoms with Crippen molar-refractivity contribution in [2.45, 2.75) is 44.4 Å². The molecule has 1 saturated carbocycles. The second-order valence-electron chi connectivity index (χ2n) is 4.84. The van der Waals surface area contributed by atoms with Crippen LogP contribution >= 0.6 is 0 Å². The van der Waals surface area contributed by atoms with Crippen LogP contribution in [0.4, 0.5) is 0 Å². The van der Waals surface area contributed by atoms with Gasteiger partial charge in [0.25, 0.3) is 0 Å². The van der Waals surface area contributed by atoms with Crippen molar-refractivity contribution in [1.29, 1.82) is 0 Å². The molecule has 3 heteroatoms. The van der Waals surface area contributed by atoms with Gasteiger partial charge in [-0.1, -0.05) is 48.7 Å². The van der Waals surface area contributed by atoms with E-state index in [9.17, 15) is 0 Å². The number of nitrogens with two attached hydrogens (primary N) is 1. The van der Waals surface area contributed by atoms with Gasteiger partial charge in [0.1, 0.15) is 5.84 Å². The standard InChI is InChI=1S/C14H20N2O/c15-14(16-17)10-11-6-8-13(9-7-11)12-4-2-1-3-5-12/h6-9,12,17H,1-5,10H2,(H2,15,16). The monoisotopic (exact) mass is 232 g/mol. The fraction of sp³-hybridized carbons (Fsp3) is 0.500. The Labute approximate surface area is 102 Å². The molecule has 0 aromatic heterocycles. The molecule has 1 aromatic rings. The van der Waals surface area contributed by atoms with Gasteiger partial charge in [-0.2, -0.15) is 0 Å². The summed E-state index contributed by atoms with van der Waals surface area (Å²) in [5.41, 5.74) is 8.02. The summed E-state index contributed by atoms with van der Waals surface area (Å²) in [5, 5.41) is 11.5. The Hall–Kier alpha value is -1.51. The van der Waals surface area contributed by atoms with Crippen molar-refractivity contribution in [3.63, 3.8) is 0 Å². The lowest BCUT2D eigenvalue weighted by Gasteiger charge is -2.22. The zero-order valence-corrected chi connectivity index (χ0v) is 10.1. The number of rotatable bonds is 3. The lowest BCUT2D eigenvalue weighted by molar-refractivity contribution is 0.317. The summed E-state index contributed by atoms with van der Waals surface area (Å²) in [6.07, 6.45) is 7.26. The van der Waals surface area contributed by atoms with Gasteiger partial charge in [0, 0.05) is 6.42 Å². The Bertz CT molecular complexity index is 378. The minimum absolute atomic E-state index is 0.260. The Kier molecular flexibility index (Phi) is 4.02. The lowest BCUT2D eigenvalue weighted by atomic mass is 9.84. The molecule has 0 radical (unpaired) electrons. The van der Waals surface area contributed by atoms with Crippen LogP contribution in [0.25, 0.3) is 0 Å². The molecule has 0 spiro atoms. The summed E-state index contributed by atoms with van der Waals surface area (Å²) >= 11 is 0. The second kappa shape index (κ2) is 5.71. The highest BCUT2D eigenvalue weighted by Crippen LogP contribution is 2.32. The van der Waals surface area contributed by atoms with Gasteiger partial charge in [0.05, 0.1) is 0 Å². The third-order valence-electron chi connectivity index (χ3n) is 3.57. The van der Waals surface area contributed by atoms with Crippen LogP contribution < -0.4 is 5.73 Å². The first-order valence-electron chi connectivity index (χ1n) is 6.35. The van der Waals surface area contributed by atoms with Gasteiger partial charge < -0.3 is 10.9 Å². The van der Waals surface area contributed by atoms with E-state index in [0.717, 1.165) is 11.5 Å². The minimum Gasteiger partial charge on any atom is -0.409 e. The summed E-state index contributed by atoms with van der Waals surface area (Å²) in [6, 6.07) is 8.55. The molecule has 1 aliphatic rings. The molecular weight excluding hydrogens is 212 g/mol. The van der Waals surface area contributed by atoms with Crippen LogP contribution in [0, 0.1) is 0 Å². The fourth-order valence-corrected chi connectivity index (χ4v) is 2.59. The molecule has 17 heavy (non-hydrogen) atoms. The van der Waals surface area contributed by atoms with Gasteiger partial charge in [-0.25, -0.2) is 0 Å². The van der Waals surface area contributed by atoms with E-state index in [0.29, 0.717) is 6.42 Å². The first kappa shape index (κ1) is 12.0. The highest BCUT2D eigenvalue weighted by molar-refractivity contribution is 5.81. The van der Waals surface area contributed by atoms with Gasteiger partial charge in [-0.15, -0.1) is 0 Å². The van der Waals surface area contributed by atoms with Crippen molar-refractivity contribution < 1.29 is 5.21 Å². The molecule has 0 heterocycles. The van der Waals surface area contributed by atoms with Gasteiger partial charge in [-0.3, -0.25) is 0 Å². The molecule has 0 atom stereocenters. The van der Waals surface area contributed by atoms with Crippen molar-refractivity contribution >= 4 is 5.84 Å². The van der Waals surface area contributed by atoms with E-state index in [-0.39, 0.29) is 5.84 Å². The second-order valence-corrected chi connectivity index (χ2v) is 4.84.